The van der Waals surface area contributed by atoms with E-state index in [0.29, 0.717) is 21.1 Å². The van der Waals surface area contributed by atoms with Gasteiger partial charge < -0.3 is 12.4 Å². The van der Waals surface area contributed by atoms with Crippen molar-refractivity contribution in [2.24, 2.45) is 0 Å². The third-order valence-corrected chi connectivity index (χ3v) is 2.40. The van der Waals surface area contributed by atoms with Crippen molar-refractivity contribution in [3.8, 4) is 0 Å². The first-order valence-electron chi connectivity index (χ1n) is 4.97. The highest BCUT2D eigenvalue weighted by atomic mass is 35.5. The topological polar surface area (TPSA) is 0 Å². The number of quaternary nitrogens is 1. The van der Waals surface area contributed by atoms with Crippen LogP contribution in [0.5, 0.6) is 0 Å². The molecule has 0 radical (unpaired) electrons. The summed E-state index contributed by atoms with van der Waals surface area (Å²) in [6.07, 6.45) is -9.81. The quantitative estimate of drug-likeness (QED) is 0.396. The second-order valence-corrected chi connectivity index (χ2v) is 4.95. The van der Waals surface area contributed by atoms with Crippen molar-refractivity contribution < 1.29 is 56.4 Å². The van der Waals surface area contributed by atoms with Crippen molar-refractivity contribution in [3.63, 3.8) is 0 Å². The van der Waals surface area contributed by atoms with Crippen molar-refractivity contribution >= 4 is 0 Å². The van der Waals surface area contributed by atoms with E-state index in [1.165, 1.54) is 0 Å². The standard InChI is InChI=1S/C9H13F9N.ClH/c1-19(2,3)9(17,18)8(15,16)6(10,11)4-5-7(12,13)14;/h4-5H2,1-3H3;1H/q+1;/p-1. The molecule has 0 unspecified atom stereocenters. The second kappa shape index (κ2) is 5.78. The first-order chi connectivity index (χ1) is 7.96. The molecule has 0 aromatic rings. The Morgan fingerprint density at radius 3 is 1.30 bits per heavy atom. The second-order valence-electron chi connectivity index (χ2n) is 4.95. The highest BCUT2D eigenvalue weighted by Gasteiger charge is 2.78. The Morgan fingerprint density at radius 1 is 0.700 bits per heavy atom. The first kappa shape index (κ1) is 21.9. The van der Waals surface area contributed by atoms with Gasteiger partial charge in [0, 0.05) is 12.8 Å². The van der Waals surface area contributed by atoms with Gasteiger partial charge in [-0.1, -0.05) is 0 Å². The van der Waals surface area contributed by atoms with Crippen LogP contribution >= 0.6 is 0 Å². The van der Waals surface area contributed by atoms with Gasteiger partial charge in [-0.2, -0.15) is 30.7 Å². The van der Waals surface area contributed by atoms with Crippen LogP contribution in [0.4, 0.5) is 39.5 Å². The van der Waals surface area contributed by atoms with Crippen LogP contribution in [-0.2, 0) is 0 Å². The number of hydrogen-bond donors (Lipinski definition) is 0. The van der Waals surface area contributed by atoms with Crippen molar-refractivity contribution in [2.45, 2.75) is 36.9 Å². The van der Waals surface area contributed by atoms with E-state index in [4.69, 9.17) is 0 Å². The van der Waals surface area contributed by atoms with Crippen LogP contribution in [-0.4, -0.2) is 49.7 Å². The van der Waals surface area contributed by atoms with Crippen molar-refractivity contribution in [1.29, 1.82) is 0 Å². The van der Waals surface area contributed by atoms with Gasteiger partial charge in [-0.3, -0.25) is 4.48 Å². The van der Waals surface area contributed by atoms with Crippen molar-refractivity contribution in [3.05, 3.63) is 0 Å². The molecule has 0 bridgehead atoms. The van der Waals surface area contributed by atoms with Gasteiger partial charge in [-0.25, -0.2) is 0 Å². The Morgan fingerprint density at radius 2 is 1.05 bits per heavy atom. The number of hydrogen-bond acceptors (Lipinski definition) is 0. The number of halogens is 10. The van der Waals surface area contributed by atoms with Gasteiger partial charge in [0.2, 0.25) is 0 Å². The van der Waals surface area contributed by atoms with Gasteiger partial charge in [0.05, 0.1) is 21.1 Å². The fourth-order valence-electron chi connectivity index (χ4n) is 1.10. The minimum absolute atomic E-state index is 0. The zero-order valence-corrected chi connectivity index (χ0v) is 11.4. The monoisotopic (exact) mass is 341 g/mol. The zero-order valence-electron chi connectivity index (χ0n) is 10.6. The average molecular weight is 342 g/mol. The molecule has 0 N–H and O–H groups in total. The molecule has 124 valence electrons. The summed E-state index contributed by atoms with van der Waals surface area (Å²) in [6.45, 7) is 0. The van der Waals surface area contributed by atoms with E-state index in [9.17, 15) is 39.5 Å². The SMILES string of the molecule is C[N+](C)(C)C(F)(F)C(F)(F)C(F)(F)CCC(F)(F)F.[Cl-]. The maximum atomic E-state index is 13.3. The molecule has 0 aromatic carbocycles. The van der Waals surface area contributed by atoms with Crippen LogP contribution in [0.2, 0.25) is 0 Å². The molecule has 0 aliphatic heterocycles. The molecule has 0 amide bonds. The van der Waals surface area contributed by atoms with Gasteiger partial charge in [-0.05, 0) is 0 Å². The summed E-state index contributed by atoms with van der Waals surface area (Å²) in [5, 5.41) is 0. The summed E-state index contributed by atoms with van der Waals surface area (Å²) in [7, 11) is 1.61. The fourth-order valence-corrected chi connectivity index (χ4v) is 1.10. The summed E-state index contributed by atoms with van der Waals surface area (Å²) >= 11 is 0. The number of nitrogens with zero attached hydrogens (tertiary/aromatic N) is 1. The van der Waals surface area contributed by atoms with Gasteiger partial charge in [0.15, 0.2) is 0 Å². The van der Waals surface area contributed by atoms with Gasteiger partial charge in [0.25, 0.3) is 0 Å². The van der Waals surface area contributed by atoms with Gasteiger partial charge in [-0.15, -0.1) is 8.78 Å². The van der Waals surface area contributed by atoms with Crippen molar-refractivity contribution in [1.82, 2.24) is 0 Å². The maximum absolute atomic E-state index is 13.3. The van der Waals surface area contributed by atoms with Crippen LogP contribution in [0.15, 0.2) is 0 Å². The van der Waals surface area contributed by atoms with Crippen LogP contribution in [0.1, 0.15) is 12.8 Å². The smallest absolute Gasteiger partial charge is 0.460 e. The van der Waals surface area contributed by atoms with E-state index >= 15 is 0 Å². The molecule has 0 spiro atoms. The lowest BCUT2D eigenvalue weighted by molar-refractivity contribution is -0.975. The van der Waals surface area contributed by atoms with E-state index < -0.39 is 41.4 Å². The Kier molecular flexibility index (Phi) is 6.33. The summed E-state index contributed by atoms with van der Waals surface area (Å²) in [6, 6.07) is -5.22. The van der Waals surface area contributed by atoms with E-state index in [1.54, 1.807) is 0 Å². The van der Waals surface area contributed by atoms with Crippen LogP contribution in [0.25, 0.3) is 0 Å². The number of rotatable bonds is 5. The third-order valence-electron chi connectivity index (χ3n) is 2.40. The van der Waals surface area contributed by atoms with Crippen LogP contribution in [0.3, 0.4) is 0 Å². The molecule has 1 nitrogen and oxygen atoms in total. The fraction of sp³-hybridized carbons (Fsp3) is 1.00. The Hall–Kier alpha value is -0.380. The van der Waals surface area contributed by atoms with E-state index in [0.717, 1.165) is 0 Å². The summed E-state index contributed by atoms with van der Waals surface area (Å²) in [4.78, 5) is 0. The minimum Gasteiger partial charge on any atom is -1.00 e. The largest absolute Gasteiger partial charge is 1.00 e. The average Bonchev–Trinajstić information content (AvgIpc) is 2.11. The molecule has 0 aliphatic carbocycles. The maximum Gasteiger partial charge on any atom is 0.460 e. The Labute approximate surface area is 115 Å². The van der Waals surface area contributed by atoms with Crippen molar-refractivity contribution in [2.75, 3.05) is 21.1 Å². The van der Waals surface area contributed by atoms with Crippen LogP contribution < -0.4 is 12.4 Å². The lowest BCUT2D eigenvalue weighted by Gasteiger charge is -2.40. The highest BCUT2D eigenvalue weighted by Crippen LogP contribution is 2.51. The number of alkyl halides is 9. The molecular weight excluding hydrogens is 329 g/mol. The molecule has 0 saturated heterocycles. The Bertz CT molecular complexity index is 318. The minimum atomic E-state index is -5.90. The highest BCUT2D eigenvalue weighted by molar-refractivity contribution is 4.92. The molecule has 0 heterocycles. The van der Waals surface area contributed by atoms with Gasteiger partial charge in [0.1, 0.15) is 0 Å². The molecule has 0 aromatic heterocycles. The van der Waals surface area contributed by atoms with Crippen LogP contribution in [0, 0.1) is 0 Å². The predicted molar refractivity (Wildman–Crippen MR) is 48.2 cm³/mol. The summed E-state index contributed by atoms with van der Waals surface area (Å²) in [5.74, 6) is -11.4. The molecule has 0 saturated carbocycles. The third kappa shape index (κ3) is 4.31. The lowest BCUT2D eigenvalue weighted by atomic mass is 10.0. The first-order valence-corrected chi connectivity index (χ1v) is 4.97. The lowest BCUT2D eigenvalue weighted by Crippen LogP contribution is -3.00. The summed E-state index contributed by atoms with van der Waals surface area (Å²) < 4.78 is 112. The molecule has 0 atom stereocenters. The summed E-state index contributed by atoms with van der Waals surface area (Å²) in [5.41, 5.74) is 0. The van der Waals surface area contributed by atoms with E-state index in [1.807, 2.05) is 0 Å². The molecular formula is C9H13ClF9N. The molecule has 11 heteroatoms. The predicted octanol–water partition coefficient (Wildman–Crippen LogP) is 0.903. The van der Waals surface area contributed by atoms with E-state index in [2.05, 4.69) is 0 Å². The van der Waals surface area contributed by atoms with E-state index in [-0.39, 0.29) is 12.4 Å². The normalized spacial score (nSPS) is 15.0. The Balaban J connectivity index is 0. The molecule has 0 fully saturated rings. The van der Waals surface area contributed by atoms with Gasteiger partial charge >= 0.3 is 24.1 Å². The zero-order chi connectivity index (χ0) is 15.9. The molecule has 20 heavy (non-hydrogen) atoms. The molecule has 0 aliphatic rings. The molecule has 0 rings (SSSR count).